The normalized spacial score (nSPS) is 24.7. The Morgan fingerprint density at radius 1 is 0.750 bits per heavy atom. The minimum absolute atomic E-state index is 0.157. The Labute approximate surface area is 218 Å². The summed E-state index contributed by atoms with van der Waals surface area (Å²) < 4.78 is 35.5. The number of benzene rings is 2. The zero-order chi connectivity index (χ0) is 25.3. The van der Waals surface area contributed by atoms with Gasteiger partial charge in [0.15, 0.2) is 0 Å². The van der Waals surface area contributed by atoms with Crippen molar-refractivity contribution in [2.75, 3.05) is 13.7 Å². The monoisotopic (exact) mass is 496 g/mol. The molecular weight excluding hydrogens is 450 g/mol. The van der Waals surface area contributed by atoms with Crippen molar-refractivity contribution in [2.45, 2.75) is 103 Å². The first-order valence-electron chi connectivity index (χ1n) is 14.6. The van der Waals surface area contributed by atoms with E-state index in [2.05, 4.69) is 19.1 Å². The molecule has 0 N–H and O–H groups in total. The van der Waals surface area contributed by atoms with Crippen LogP contribution in [0.25, 0.3) is 11.1 Å². The fraction of sp³-hybridized carbons (Fsp3) is 0.636. The zero-order valence-corrected chi connectivity index (χ0v) is 22.5. The maximum atomic E-state index is 15.1. The van der Waals surface area contributed by atoms with Gasteiger partial charge in [-0.1, -0.05) is 69.7 Å². The fourth-order valence-corrected chi connectivity index (χ4v) is 6.80. The highest BCUT2D eigenvalue weighted by Crippen LogP contribution is 2.40. The van der Waals surface area contributed by atoms with Crippen LogP contribution in [0.4, 0.5) is 8.78 Å². The minimum atomic E-state index is -0.296. The Morgan fingerprint density at radius 2 is 1.39 bits per heavy atom. The lowest BCUT2D eigenvalue weighted by Crippen LogP contribution is -2.18. The summed E-state index contributed by atoms with van der Waals surface area (Å²) >= 11 is 0. The van der Waals surface area contributed by atoms with Gasteiger partial charge < -0.3 is 4.74 Å². The molecule has 2 aliphatic rings. The van der Waals surface area contributed by atoms with Crippen molar-refractivity contribution in [3.05, 3.63) is 59.2 Å². The van der Waals surface area contributed by atoms with Crippen molar-refractivity contribution < 1.29 is 13.5 Å². The van der Waals surface area contributed by atoms with Crippen molar-refractivity contribution in [1.29, 1.82) is 0 Å². The summed E-state index contributed by atoms with van der Waals surface area (Å²) in [6.07, 6.45) is 16.9. The number of aryl methyl sites for hydroxylation is 1. The first kappa shape index (κ1) is 27.3. The Balaban J connectivity index is 1.26. The standard InChI is InChI=1S/C33H46F2O/c1-3-6-24-13-17-28(18-14-24)30-21-33(35)31(22-32(30)34)29-19-15-26(16-20-29)8-5-4-7-25-9-11-27(12-10-25)23-36-2/h15-16,19-22,24-25,27-28H,3-14,17-18,23H2,1-2H3. The molecule has 0 heterocycles. The lowest BCUT2D eigenvalue weighted by Gasteiger charge is -2.29. The third kappa shape index (κ3) is 7.40. The molecule has 2 aliphatic carbocycles. The van der Waals surface area contributed by atoms with E-state index in [0.29, 0.717) is 11.1 Å². The van der Waals surface area contributed by atoms with Crippen molar-refractivity contribution in [3.8, 4) is 11.1 Å². The second kappa shape index (κ2) is 13.7. The van der Waals surface area contributed by atoms with Crippen LogP contribution in [-0.4, -0.2) is 13.7 Å². The van der Waals surface area contributed by atoms with Crippen LogP contribution in [0, 0.1) is 29.4 Å². The highest BCUT2D eigenvalue weighted by molar-refractivity contribution is 5.65. The average Bonchev–Trinajstić information content (AvgIpc) is 2.90. The summed E-state index contributed by atoms with van der Waals surface area (Å²) in [6, 6.07) is 11.0. The molecule has 0 unspecified atom stereocenters. The number of methoxy groups -OCH3 is 1. The Bertz CT molecular complexity index is 921. The van der Waals surface area contributed by atoms with Crippen molar-refractivity contribution in [1.82, 2.24) is 0 Å². The third-order valence-electron chi connectivity index (χ3n) is 9.03. The van der Waals surface area contributed by atoms with Crippen LogP contribution in [-0.2, 0) is 11.2 Å². The molecule has 0 spiro atoms. The summed E-state index contributed by atoms with van der Waals surface area (Å²) in [5, 5.41) is 0. The molecule has 1 nitrogen and oxygen atoms in total. The van der Waals surface area contributed by atoms with Gasteiger partial charge in [-0.25, -0.2) is 8.78 Å². The van der Waals surface area contributed by atoms with Gasteiger partial charge in [0.05, 0.1) is 0 Å². The molecule has 2 aromatic rings. The van der Waals surface area contributed by atoms with Gasteiger partial charge in [-0.2, -0.15) is 0 Å². The van der Waals surface area contributed by atoms with E-state index in [-0.39, 0.29) is 17.6 Å². The largest absolute Gasteiger partial charge is 0.384 e. The van der Waals surface area contributed by atoms with Gasteiger partial charge in [-0.05, 0) is 104 Å². The quantitative estimate of drug-likeness (QED) is 0.281. The Kier molecular flexibility index (Phi) is 10.4. The minimum Gasteiger partial charge on any atom is -0.384 e. The molecule has 0 saturated heterocycles. The summed E-state index contributed by atoms with van der Waals surface area (Å²) in [7, 11) is 1.81. The van der Waals surface area contributed by atoms with E-state index >= 15 is 8.78 Å². The van der Waals surface area contributed by atoms with Crippen LogP contribution in [0.15, 0.2) is 36.4 Å². The van der Waals surface area contributed by atoms with Crippen LogP contribution in [0.1, 0.15) is 107 Å². The van der Waals surface area contributed by atoms with Crippen LogP contribution < -0.4 is 0 Å². The average molecular weight is 497 g/mol. The maximum absolute atomic E-state index is 15.1. The first-order chi connectivity index (χ1) is 17.6. The second-order valence-electron chi connectivity index (χ2n) is 11.6. The van der Waals surface area contributed by atoms with Gasteiger partial charge in [0.25, 0.3) is 0 Å². The van der Waals surface area contributed by atoms with E-state index in [1.54, 1.807) is 0 Å². The molecule has 0 radical (unpaired) electrons. The number of hydrogen-bond donors (Lipinski definition) is 0. The highest BCUT2D eigenvalue weighted by atomic mass is 19.1. The van der Waals surface area contributed by atoms with Gasteiger partial charge in [0.1, 0.15) is 11.6 Å². The number of hydrogen-bond acceptors (Lipinski definition) is 1. The van der Waals surface area contributed by atoms with E-state index in [9.17, 15) is 0 Å². The molecule has 3 heteroatoms. The van der Waals surface area contributed by atoms with E-state index < -0.39 is 0 Å². The number of halogens is 2. The SMILES string of the molecule is CCCC1CCC(c2cc(F)c(-c3ccc(CCCCC4CCC(COC)CC4)cc3)cc2F)CC1. The molecule has 4 rings (SSSR count). The lowest BCUT2D eigenvalue weighted by molar-refractivity contribution is 0.117. The van der Waals surface area contributed by atoms with Crippen LogP contribution in [0.2, 0.25) is 0 Å². The van der Waals surface area contributed by atoms with Gasteiger partial charge in [0.2, 0.25) is 0 Å². The van der Waals surface area contributed by atoms with E-state index in [1.165, 1.54) is 75.5 Å². The molecule has 0 aromatic heterocycles. The molecule has 0 bridgehead atoms. The molecular formula is C33H46F2O. The fourth-order valence-electron chi connectivity index (χ4n) is 6.80. The molecule has 2 aromatic carbocycles. The zero-order valence-electron chi connectivity index (χ0n) is 22.5. The molecule has 2 saturated carbocycles. The van der Waals surface area contributed by atoms with E-state index in [0.717, 1.165) is 62.0 Å². The van der Waals surface area contributed by atoms with E-state index in [4.69, 9.17) is 4.74 Å². The maximum Gasteiger partial charge on any atom is 0.131 e. The first-order valence-corrected chi connectivity index (χ1v) is 14.6. The number of rotatable bonds is 11. The summed E-state index contributed by atoms with van der Waals surface area (Å²) in [5.74, 6) is 2.03. The van der Waals surface area contributed by atoms with Gasteiger partial charge in [-0.3, -0.25) is 0 Å². The van der Waals surface area contributed by atoms with Crippen molar-refractivity contribution in [2.24, 2.45) is 17.8 Å². The molecule has 36 heavy (non-hydrogen) atoms. The van der Waals surface area contributed by atoms with E-state index in [1.807, 2.05) is 19.2 Å². The van der Waals surface area contributed by atoms with Gasteiger partial charge >= 0.3 is 0 Å². The van der Waals surface area contributed by atoms with Gasteiger partial charge in [-0.15, -0.1) is 0 Å². The summed E-state index contributed by atoms with van der Waals surface area (Å²) in [6.45, 7) is 3.15. The second-order valence-corrected chi connectivity index (χ2v) is 11.6. The molecule has 198 valence electrons. The Morgan fingerprint density at radius 3 is 2.06 bits per heavy atom. The van der Waals surface area contributed by atoms with Crippen LogP contribution in [0.5, 0.6) is 0 Å². The number of ether oxygens (including phenoxy) is 1. The molecule has 2 fully saturated rings. The van der Waals surface area contributed by atoms with Crippen LogP contribution >= 0.6 is 0 Å². The predicted molar refractivity (Wildman–Crippen MR) is 146 cm³/mol. The Hall–Kier alpha value is -1.74. The molecule has 0 aliphatic heterocycles. The summed E-state index contributed by atoms with van der Waals surface area (Å²) in [5.41, 5.74) is 3.01. The third-order valence-corrected chi connectivity index (χ3v) is 9.03. The predicted octanol–water partition coefficient (Wildman–Crippen LogP) is 9.87. The molecule has 0 amide bonds. The topological polar surface area (TPSA) is 9.23 Å². The van der Waals surface area contributed by atoms with Gasteiger partial charge in [0, 0.05) is 19.3 Å². The highest BCUT2D eigenvalue weighted by Gasteiger charge is 2.25. The summed E-state index contributed by atoms with van der Waals surface area (Å²) in [4.78, 5) is 0. The van der Waals surface area contributed by atoms with Crippen LogP contribution in [0.3, 0.4) is 0 Å². The van der Waals surface area contributed by atoms with Crippen molar-refractivity contribution >= 4 is 0 Å². The molecule has 0 atom stereocenters. The number of unbranched alkanes of at least 4 members (excludes halogenated alkanes) is 1. The smallest absolute Gasteiger partial charge is 0.131 e. The van der Waals surface area contributed by atoms with Crippen molar-refractivity contribution in [3.63, 3.8) is 0 Å². The lowest BCUT2D eigenvalue weighted by atomic mass is 9.77.